The number of rotatable bonds is 1. The van der Waals surface area contributed by atoms with E-state index in [1.165, 1.54) is 0 Å². The fourth-order valence-corrected chi connectivity index (χ4v) is 0.755. The van der Waals surface area contributed by atoms with Crippen LogP contribution in [0.1, 0.15) is 18.2 Å². The first-order chi connectivity index (χ1) is 4.86. The molecule has 0 fully saturated rings. The monoisotopic (exact) mass is 132 g/mol. The lowest BCUT2D eigenvalue weighted by molar-refractivity contribution is 1.11. The van der Waals surface area contributed by atoms with E-state index < -0.39 is 0 Å². The van der Waals surface area contributed by atoms with Crippen molar-refractivity contribution in [3.8, 4) is 6.07 Å². The maximum absolute atomic E-state index is 8.45. The van der Waals surface area contributed by atoms with Crippen molar-refractivity contribution in [2.45, 2.75) is 13.3 Å². The molecule has 0 saturated carbocycles. The molecule has 50 valence electrons. The highest BCUT2D eigenvalue weighted by Gasteiger charge is 1.91. The Balaban J connectivity index is 3.01. The van der Waals surface area contributed by atoms with Crippen molar-refractivity contribution in [2.24, 2.45) is 0 Å². The van der Waals surface area contributed by atoms with Crippen molar-refractivity contribution < 1.29 is 0 Å². The lowest BCUT2D eigenvalue weighted by Crippen LogP contribution is -1.84. The molecule has 0 aliphatic heterocycles. The Morgan fingerprint density at radius 2 is 2.50 bits per heavy atom. The molecule has 2 nitrogen and oxygen atoms in total. The lowest BCUT2D eigenvalue weighted by Gasteiger charge is -1.92. The molecule has 1 aromatic rings. The van der Waals surface area contributed by atoms with Crippen LogP contribution in [0, 0.1) is 11.3 Å². The number of aromatic nitrogens is 1. The highest BCUT2D eigenvalue weighted by Crippen LogP contribution is 2.00. The number of aryl methyl sites for hydroxylation is 1. The van der Waals surface area contributed by atoms with Crippen LogP contribution in [-0.4, -0.2) is 4.98 Å². The van der Waals surface area contributed by atoms with Crippen molar-refractivity contribution in [3.05, 3.63) is 29.6 Å². The standard InChI is InChI=1S/C8H8N2/c1-2-7-3-4-10-8(5-7)6-9/h3-5H,2H2,1H3. The van der Waals surface area contributed by atoms with Crippen LogP contribution in [0.5, 0.6) is 0 Å². The first-order valence-corrected chi connectivity index (χ1v) is 3.22. The molecule has 0 aromatic carbocycles. The molecule has 0 amide bonds. The number of pyridine rings is 1. The molecule has 0 aliphatic carbocycles. The van der Waals surface area contributed by atoms with Crippen molar-refractivity contribution in [1.82, 2.24) is 4.98 Å². The second kappa shape index (κ2) is 2.98. The Kier molecular flexibility index (Phi) is 2.01. The first kappa shape index (κ1) is 6.76. The molecule has 0 spiro atoms. The fraction of sp³-hybridized carbons (Fsp3) is 0.250. The normalized spacial score (nSPS) is 8.80. The van der Waals surface area contributed by atoms with E-state index in [1.54, 1.807) is 12.3 Å². The summed E-state index contributed by atoms with van der Waals surface area (Å²) in [6, 6.07) is 5.71. The third-order valence-electron chi connectivity index (χ3n) is 1.35. The highest BCUT2D eigenvalue weighted by atomic mass is 14.7. The van der Waals surface area contributed by atoms with E-state index in [2.05, 4.69) is 11.9 Å². The second-order valence-corrected chi connectivity index (χ2v) is 2.01. The van der Waals surface area contributed by atoms with Gasteiger partial charge in [-0.1, -0.05) is 6.92 Å². The first-order valence-electron chi connectivity index (χ1n) is 3.22. The molecule has 1 aromatic heterocycles. The van der Waals surface area contributed by atoms with Gasteiger partial charge in [0.15, 0.2) is 0 Å². The van der Waals surface area contributed by atoms with Crippen LogP contribution in [0.4, 0.5) is 0 Å². The highest BCUT2D eigenvalue weighted by molar-refractivity contribution is 5.25. The summed E-state index contributed by atoms with van der Waals surface area (Å²) >= 11 is 0. The van der Waals surface area contributed by atoms with Gasteiger partial charge in [0.05, 0.1) is 0 Å². The smallest absolute Gasteiger partial charge is 0.140 e. The Morgan fingerprint density at radius 3 is 3.10 bits per heavy atom. The molecule has 2 heteroatoms. The van der Waals surface area contributed by atoms with Gasteiger partial charge in [-0.05, 0) is 24.1 Å². The summed E-state index contributed by atoms with van der Waals surface area (Å²) in [5.74, 6) is 0. The van der Waals surface area contributed by atoms with Gasteiger partial charge in [-0.3, -0.25) is 0 Å². The third-order valence-corrected chi connectivity index (χ3v) is 1.35. The fourth-order valence-electron chi connectivity index (χ4n) is 0.755. The van der Waals surface area contributed by atoms with E-state index in [9.17, 15) is 0 Å². The van der Waals surface area contributed by atoms with Crippen LogP contribution in [0.3, 0.4) is 0 Å². The molecular weight excluding hydrogens is 124 g/mol. The largest absolute Gasteiger partial charge is 0.246 e. The van der Waals surface area contributed by atoms with Gasteiger partial charge >= 0.3 is 0 Å². The molecule has 0 atom stereocenters. The van der Waals surface area contributed by atoms with Crippen molar-refractivity contribution in [3.63, 3.8) is 0 Å². The van der Waals surface area contributed by atoms with Gasteiger partial charge in [-0.2, -0.15) is 5.26 Å². The van der Waals surface area contributed by atoms with E-state index in [4.69, 9.17) is 5.26 Å². The quantitative estimate of drug-likeness (QED) is 0.580. The average Bonchev–Trinajstić information content (AvgIpc) is 2.05. The summed E-state index contributed by atoms with van der Waals surface area (Å²) in [5, 5.41) is 8.45. The van der Waals surface area contributed by atoms with Gasteiger partial charge in [0.2, 0.25) is 0 Å². The summed E-state index contributed by atoms with van der Waals surface area (Å²) < 4.78 is 0. The predicted molar refractivity (Wildman–Crippen MR) is 38.3 cm³/mol. The van der Waals surface area contributed by atoms with Gasteiger partial charge in [0, 0.05) is 6.20 Å². The number of hydrogen-bond acceptors (Lipinski definition) is 2. The Hall–Kier alpha value is -1.36. The molecule has 0 saturated heterocycles. The summed E-state index contributed by atoms with van der Waals surface area (Å²) in [4.78, 5) is 3.84. The van der Waals surface area contributed by atoms with Crippen molar-refractivity contribution >= 4 is 0 Å². The zero-order valence-corrected chi connectivity index (χ0v) is 5.83. The van der Waals surface area contributed by atoms with Crippen LogP contribution in [0.2, 0.25) is 0 Å². The lowest BCUT2D eigenvalue weighted by atomic mass is 10.2. The molecule has 0 N–H and O–H groups in total. The van der Waals surface area contributed by atoms with Crippen molar-refractivity contribution in [1.29, 1.82) is 5.26 Å². The molecule has 10 heavy (non-hydrogen) atoms. The second-order valence-electron chi connectivity index (χ2n) is 2.01. The van der Waals surface area contributed by atoms with Crippen LogP contribution in [0.25, 0.3) is 0 Å². The Labute approximate surface area is 60.1 Å². The summed E-state index contributed by atoms with van der Waals surface area (Å²) in [7, 11) is 0. The summed E-state index contributed by atoms with van der Waals surface area (Å²) in [6.07, 6.45) is 2.62. The third kappa shape index (κ3) is 1.32. The Morgan fingerprint density at radius 1 is 1.70 bits per heavy atom. The zero-order chi connectivity index (χ0) is 7.40. The molecule has 0 radical (unpaired) electrons. The van der Waals surface area contributed by atoms with Gasteiger partial charge in [-0.25, -0.2) is 4.98 Å². The molecule has 1 heterocycles. The predicted octanol–water partition coefficient (Wildman–Crippen LogP) is 1.52. The number of nitriles is 1. The maximum atomic E-state index is 8.45. The van der Waals surface area contributed by atoms with Crippen LogP contribution < -0.4 is 0 Å². The molecule has 0 bridgehead atoms. The minimum atomic E-state index is 0.499. The van der Waals surface area contributed by atoms with Gasteiger partial charge in [-0.15, -0.1) is 0 Å². The van der Waals surface area contributed by atoms with Crippen LogP contribution in [0.15, 0.2) is 18.3 Å². The van der Waals surface area contributed by atoms with Crippen LogP contribution >= 0.6 is 0 Å². The average molecular weight is 132 g/mol. The molecule has 0 aliphatic rings. The summed E-state index contributed by atoms with van der Waals surface area (Å²) in [6.45, 7) is 2.05. The topological polar surface area (TPSA) is 36.7 Å². The SMILES string of the molecule is CCc1ccnc(C#N)c1. The minimum Gasteiger partial charge on any atom is -0.246 e. The minimum absolute atomic E-state index is 0.499. The van der Waals surface area contributed by atoms with Crippen LogP contribution in [-0.2, 0) is 6.42 Å². The summed E-state index contributed by atoms with van der Waals surface area (Å²) in [5.41, 5.74) is 1.66. The molecule has 1 rings (SSSR count). The molecular formula is C8H8N2. The van der Waals surface area contributed by atoms with Gasteiger partial charge in [0.1, 0.15) is 11.8 Å². The van der Waals surface area contributed by atoms with E-state index in [-0.39, 0.29) is 0 Å². The van der Waals surface area contributed by atoms with E-state index in [0.717, 1.165) is 12.0 Å². The maximum Gasteiger partial charge on any atom is 0.140 e. The van der Waals surface area contributed by atoms with E-state index in [0.29, 0.717) is 5.69 Å². The molecule has 0 unspecified atom stereocenters. The van der Waals surface area contributed by atoms with Gasteiger partial charge < -0.3 is 0 Å². The Bertz CT molecular complexity index is 260. The van der Waals surface area contributed by atoms with E-state index >= 15 is 0 Å². The van der Waals surface area contributed by atoms with Gasteiger partial charge in [0.25, 0.3) is 0 Å². The number of nitrogens with zero attached hydrogens (tertiary/aromatic N) is 2. The zero-order valence-electron chi connectivity index (χ0n) is 5.83. The van der Waals surface area contributed by atoms with Crippen molar-refractivity contribution in [2.75, 3.05) is 0 Å². The van der Waals surface area contributed by atoms with E-state index in [1.807, 2.05) is 12.1 Å². The number of hydrogen-bond donors (Lipinski definition) is 0.